The van der Waals surface area contributed by atoms with Gasteiger partial charge in [0, 0.05) is 42.8 Å². The van der Waals surface area contributed by atoms with Crippen LogP contribution in [0.25, 0.3) is 0 Å². The molecule has 0 aromatic heterocycles. The zero-order valence-electron chi connectivity index (χ0n) is 17.9. The number of rotatable bonds is 5. The summed E-state index contributed by atoms with van der Waals surface area (Å²) in [6.45, 7) is 14.1. The highest BCUT2D eigenvalue weighted by Gasteiger charge is 2.51. The van der Waals surface area contributed by atoms with Crippen LogP contribution in [0.5, 0.6) is 0 Å². The van der Waals surface area contributed by atoms with E-state index in [0.717, 1.165) is 26.2 Å². The van der Waals surface area contributed by atoms with Crippen molar-refractivity contribution in [1.82, 2.24) is 15.1 Å². The fourth-order valence-electron chi connectivity index (χ4n) is 3.87. The second-order valence-corrected chi connectivity index (χ2v) is 9.17. The molecule has 0 unspecified atom stereocenters. The molecule has 162 valence electrons. The van der Waals surface area contributed by atoms with Gasteiger partial charge in [-0.1, -0.05) is 25.4 Å². The van der Waals surface area contributed by atoms with Gasteiger partial charge in [-0.15, -0.1) is 0 Å². The van der Waals surface area contributed by atoms with Crippen LogP contribution in [0.1, 0.15) is 34.6 Å². The van der Waals surface area contributed by atoms with Crippen LogP contribution < -0.4 is 10.6 Å². The lowest BCUT2D eigenvalue weighted by Gasteiger charge is -2.60. The van der Waals surface area contributed by atoms with Crippen molar-refractivity contribution >= 4 is 29.1 Å². The highest BCUT2D eigenvalue weighted by atomic mass is 35.5. The molecule has 2 heterocycles. The van der Waals surface area contributed by atoms with Crippen molar-refractivity contribution in [2.75, 3.05) is 44.6 Å². The summed E-state index contributed by atoms with van der Waals surface area (Å²) in [6, 6.07) is 4.12. The molecule has 1 aromatic rings. The molecule has 2 N–H and O–H groups in total. The van der Waals surface area contributed by atoms with E-state index >= 15 is 0 Å². The smallest absolute Gasteiger partial charge is 0.238 e. The Labute approximate surface area is 177 Å². The number of nitrogens with zero attached hydrogens (tertiary/aromatic N) is 2. The van der Waals surface area contributed by atoms with E-state index in [0.29, 0.717) is 18.8 Å². The Morgan fingerprint density at radius 3 is 2.07 bits per heavy atom. The Bertz CT molecular complexity index is 737. The minimum atomic E-state index is -0.509. The normalized spacial score (nSPS) is 18.2. The van der Waals surface area contributed by atoms with Crippen molar-refractivity contribution in [3.63, 3.8) is 0 Å². The molecule has 2 aliphatic rings. The lowest BCUT2D eigenvalue weighted by Crippen LogP contribution is -2.73. The predicted molar refractivity (Wildman–Crippen MR) is 115 cm³/mol. The molecule has 0 bridgehead atoms. The zero-order valence-corrected chi connectivity index (χ0v) is 18.7. The summed E-state index contributed by atoms with van der Waals surface area (Å²) < 4.78 is 13.2. The van der Waals surface area contributed by atoms with E-state index < -0.39 is 5.82 Å². The predicted octanol–water partition coefficient (Wildman–Crippen LogP) is 2.98. The molecule has 29 heavy (non-hydrogen) atoms. The minimum absolute atomic E-state index is 0.0132. The van der Waals surface area contributed by atoms with E-state index in [-0.39, 0.29) is 27.8 Å². The number of anilines is 1. The number of hydrogen-bond donors (Lipinski definition) is 2. The van der Waals surface area contributed by atoms with Crippen LogP contribution in [0.2, 0.25) is 5.02 Å². The van der Waals surface area contributed by atoms with Gasteiger partial charge >= 0.3 is 0 Å². The third kappa shape index (κ3) is 6.66. The lowest BCUT2D eigenvalue weighted by atomic mass is 9.73. The van der Waals surface area contributed by atoms with Crippen molar-refractivity contribution in [2.24, 2.45) is 5.41 Å². The summed E-state index contributed by atoms with van der Waals surface area (Å²) in [5.41, 5.74) is 0.484. The Kier molecular flexibility index (Phi) is 7.65. The topological polar surface area (TPSA) is 64.7 Å². The van der Waals surface area contributed by atoms with Crippen LogP contribution in [-0.2, 0) is 9.59 Å². The molecule has 8 heteroatoms. The standard InChI is InChI=1S/C19H26ClFN4O2.C2H6/c1-18(2,3)23-17(27)8-25-11-19(12-25)9-24(10-19)7-16(26)22-13-4-5-15(21)14(20)6-13;1-2/h4-6H,7-12H2,1-3H3,(H,22,26)(H,23,27);1-2H3. The Morgan fingerprint density at radius 1 is 1.07 bits per heavy atom. The van der Waals surface area contributed by atoms with E-state index in [4.69, 9.17) is 11.6 Å². The Hall–Kier alpha value is -1.70. The average Bonchev–Trinajstić information content (AvgIpc) is 2.54. The number of amides is 2. The van der Waals surface area contributed by atoms with Gasteiger partial charge in [-0.05, 0) is 39.0 Å². The van der Waals surface area contributed by atoms with E-state index in [1.807, 2.05) is 34.6 Å². The first kappa shape index (κ1) is 23.6. The third-order valence-corrected chi connectivity index (χ3v) is 4.98. The molecule has 6 nitrogen and oxygen atoms in total. The van der Waals surface area contributed by atoms with Crippen molar-refractivity contribution in [3.05, 3.63) is 29.0 Å². The molecule has 0 radical (unpaired) electrons. The summed E-state index contributed by atoms with van der Waals surface area (Å²) in [5, 5.41) is 5.69. The van der Waals surface area contributed by atoms with Crippen molar-refractivity contribution in [3.8, 4) is 0 Å². The minimum Gasteiger partial charge on any atom is -0.350 e. The summed E-state index contributed by atoms with van der Waals surface area (Å²) in [7, 11) is 0. The molecule has 1 spiro atoms. The summed E-state index contributed by atoms with van der Waals surface area (Å²) in [6.07, 6.45) is 0. The summed E-state index contributed by atoms with van der Waals surface area (Å²) in [4.78, 5) is 28.3. The van der Waals surface area contributed by atoms with Crippen LogP contribution in [0.4, 0.5) is 10.1 Å². The lowest BCUT2D eigenvalue weighted by molar-refractivity contribution is -0.141. The first-order chi connectivity index (χ1) is 13.5. The monoisotopic (exact) mass is 426 g/mol. The quantitative estimate of drug-likeness (QED) is 0.759. The molecular weight excluding hydrogens is 395 g/mol. The maximum Gasteiger partial charge on any atom is 0.238 e. The molecular formula is C21H32ClFN4O2. The van der Waals surface area contributed by atoms with Gasteiger partial charge < -0.3 is 10.6 Å². The molecule has 0 atom stereocenters. The largest absolute Gasteiger partial charge is 0.350 e. The molecule has 2 fully saturated rings. The molecule has 2 saturated heterocycles. The first-order valence-corrected chi connectivity index (χ1v) is 10.4. The fraction of sp³-hybridized carbons (Fsp3) is 0.619. The van der Waals surface area contributed by atoms with Gasteiger partial charge in [0.25, 0.3) is 0 Å². The third-order valence-electron chi connectivity index (χ3n) is 4.69. The molecule has 2 amide bonds. The SMILES string of the molecule is CC.CC(C)(C)NC(=O)CN1CC2(CN(CC(=O)Nc3ccc(F)c(Cl)c3)C2)C1. The number of nitrogens with one attached hydrogen (secondary N) is 2. The summed E-state index contributed by atoms with van der Waals surface area (Å²) in [5.74, 6) is -0.607. The Balaban J connectivity index is 0.00000145. The molecule has 1 aromatic carbocycles. The van der Waals surface area contributed by atoms with E-state index in [1.165, 1.54) is 18.2 Å². The highest BCUT2D eigenvalue weighted by molar-refractivity contribution is 6.31. The fourth-order valence-corrected chi connectivity index (χ4v) is 4.05. The van der Waals surface area contributed by atoms with Crippen LogP contribution in [0.15, 0.2) is 18.2 Å². The van der Waals surface area contributed by atoms with Crippen LogP contribution in [0.3, 0.4) is 0 Å². The molecule has 2 aliphatic heterocycles. The van der Waals surface area contributed by atoms with Crippen molar-refractivity contribution in [1.29, 1.82) is 0 Å². The molecule has 3 rings (SSSR count). The van der Waals surface area contributed by atoms with Crippen molar-refractivity contribution in [2.45, 2.75) is 40.2 Å². The maximum atomic E-state index is 13.2. The van der Waals surface area contributed by atoms with Gasteiger partial charge in [-0.25, -0.2) is 4.39 Å². The van der Waals surface area contributed by atoms with Gasteiger partial charge in [0.1, 0.15) is 5.82 Å². The zero-order chi connectivity index (χ0) is 21.8. The number of benzene rings is 1. The van der Waals surface area contributed by atoms with Crippen LogP contribution in [-0.4, -0.2) is 66.4 Å². The number of halogens is 2. The van der Waals surface area contributed by atoms with E-state index in [1.54, 1.807) is 0 Å². The number of carbonyl (C=O) groups is 2. The first-order valence-electron chi connectivity index (χ1n) is 10.0. The number of carbonyl (C=O) groups excluding carboxylic acids is 2. The highest BCUT2D eigenvalue weighted by Crippen LogP contribution is 2.39. The summed E-state index contributed by atoms with van der Waals surface area (Å²) >= 11 is 5.72. The second-order valence-electron chi connectivity index (χ2n) is 8.77. The van der Waals surface area contributed by atoms with Crippen LogP contribution in [0, 0.1) is 11.2 Å². The number of hydrogen-bond acceptors (Lipinski definition) is 4. The molecule has 0 saturated carbocycles. The van der Waals surface area contributed by atoms with Gasteiger partial charge in [-0.2, -0.15) is 0 Å². The second kappa shape index (κ2) is 9.41. The average molecular weight is 427 g/mol. The molecule has 0 aliphatic carbocycles. The number of likely N-dealkylation sites (tertiary alicyclic amines) is 2. The Morgan fingerprint density at radius 2 is 1.59 bits per heavy atom. The van der Waals surface area contributed by atoms with E-state index in [2.05, 4.69) is 20.4 Å². The van der Waals surface area contributed by atoms with Gasteiger partial charge in [-0.3, -0.25) is 19.4 Å². The van der Waals surface area contributed by atoms with Crippen LogP contribution >= 0.6 is 11.6 Å². The van der Waals surface area contributed by atoms with Crippen molar-refractivity contribution < 1.29 is 14.0 Å². The van der Waals surface area contributed by atoms with Gasteiger partial charge in [0.05, 0.1) is 18.1 Å². The van der Waals surface area contributed by atoms with Gasteiger partial charge in [0.15, 0.2) is 0 Å². The maximum absolute atomic E-state index is 13.2. The van der Waals surface area contributed by atoms with Gasteiger partial charge in [0.2, 0.25) is 11.8 Å². The van der Waals surface area contributed by atoms with E-state index in [9.17, 15) is 14.0 Å².